The summed E-state index contributed by atoms with van der Waals surface area (Å²) < 4.78 is 0. The highest BCUT2D eigenvalue weighted by molar-refractivity contribution is 6.04. The average molecular weight is 425 g/mol. The zero-order chi connectivity index (χ0) is 22.4. The van der Waals surface area contributed by atoms with E-state index >= 15 is 0 Å². The van der Waals surface area contributed by atoms with Crippen molar-refractivity contribution in [3.63, 3.8) is 0 Å². The Balaban J connectivity index is 1.94. The second-order valence-electron chi connectivity index (χ2n) is 6.64. The predicted octanol–water partition coefficient (Wildman–Crippen LogP) is 0.718. The third-order valence-corrected chi connectivity index (χ3v) is 4.51. The van der Waals surface area contributed by atoms with Gasteiger partial charge in [0, 0.05) is 26.2 Å². The summed E-state index contributed by atoms with van der Waals surface area (Å²) in [6.45, 7) is 0. The summed E-state index contributed by atoms with van der Waals surface area (Å²) in [5, 5.41) is 16.9. The summed E-state index contributed by atoms with van der Waals surface area (Å²) in [6, 6.07) is 0. The van der Waals surface area contributed by atoms with Gasteiger partial charge in [-0.3, -0.25) is 14.4 Å². The number of hydrogen-bond donors (Lipinski definition) is 4. The number of likely N-dealkylation sites (N-methyl/N-ethyl adjacent to an activating group) is 2. The summed E-state index contributed by atoms with van der Waals surface area (Å²) in [5.74, 6) is -0.724. The van der Waals surface area contributed by atoms with Gasteiger partial charge in [0.15, 0.2) is 11.5 Å². The van der Waals surface area contributed by atoms with Crippen LogP contribution in [0, 0.1) is 5.41 Å². The van der Waals surface area contributed by atoms with Crippen LogP contribution in [0.25, 0.3) is 0 Å². The number of nitrogens with one attached hydrogen (secondary N) is 4. The molecule has 0 aliphatic heterocycles. The zero-order valence-electron chi connectivity index (χ0n) is 17.3. The Kier molecular flexibility index (Phi) is 6.82. The van der Waals surface area contributed by atoms with Crippen LogP contribution in [0.5, 0.6) is 0 Å². The summed E-state index contributed by atoms with van der Waals surface area (Å²) in [6.07, 6.45) is 8.92. The number of anilines is 2. The molecule has 0 spiro atoms. The molecule has 0 bridgehead atoms. The van der Waals surface area contributed by atoms with E-state index in [1.54, 1.807) is 6.20 Å². The highest BCUT2D eigenvalue weighted by Gasteiger charge is 2.28. The Morgan fingerprint density at radius 1 is 1.26 bits per heavy atom. The molecule has 1 saturated carbocycles. The number of carbonyl (C=O) groups is 2. The monoisotopic (exact) mass is 425 g/mol. The number of hydroxylamine groups is 2. The number of carbonyl (C=O) groups excluding carboxylic acids is 2. The second kappa shape index (κ2) is 9.71. The third kappa shape index (κ3) is 5.17. The number of amides is 2. The van der Waals surface area contributed by atoms with Gasteiger partial charge in [0.05, 0.1) is 42.8 Å². The Morgan fingerprint density at radius 2 is 1.97 bits per heavy atom. The van der Waals surface area contributed by atoms with Crippen LogP contribution in [0.15, 0.2) is 36.3 Å². The normalized spacial score (nSPS) is 13.6. The first kappa shape index (κ1) is 21.8. The van der Waals surface area contributed by atoms with E-state index in [4.69, 9.17) is 10.2 Å². The SMILES string of the molecule is CN/C(C(=O)N(C)OC)=C(\C=N)NC(=O)c1nc(C2CC2)cnc1Nc1cncnc1. The fourth-order valence-electron chi connectivity index (χ4n) is 2.68. The largest absolute Gasteiger partial charge is 0.382 e. The summed E-state index contributed by atoms with van der Waals surface area (Å²) in [5.41, 5.74) is 1.19. The molecular formula is C19H23N9O3. The Bertz CT molecular complexity index is 1010. The molecule has 31 heavy (non-hydrogen) atoms. The van der Waals surface area contributed by atoms with Crippen molar-refractivity contribution in [3.05, 3.63) is 47.7 Å². The minimum Gasteiger partial charge on any atom is -0.382 e. The molecular weight excluding hydrogens is 402 g/mol. The average Bonchev–Trinajstić information content (AvgIpc) is 3.64. The molecule has 0 atom stereocenters. The van der Waals surface area contributed by atoms with E-state index in [9.17, 15) is 9.59 Å². The Hall–Kier alpha value is -3.93. The highest BCUT2D eigenvalue weighted by atomic mass is 16.7. The lowest BCUT2D eigenvalue weighted by Crippen LogP contribution is -2.37. The van der Waals surface area contributed by atoms with Gasteiger partial charge in [-0.25, -0.2) is 25.0 Å². The second-order valence-corrected chi connectivity index (χ2v) is 6.64. The summed E-state index contributed by atoms with van der Waals surface area (Å²) in [4.78, 5) is 47.1. The van der Waals surface area contributed by atoms with Gasteiger partial charge >= 0.3 is 0 Å². The van der Waals surface area contributed by atoms with Crippen molar-refractivity contribution < 1.29 is 14.4 Å². The number of nitrogens with zero attached hydrogens (tertiary/aromatic N) is 5. The van der Waals surface area contributed by atoms with Crippen molar-refractivity contribution in [1.82, 2.24) is 35.6 Å². The molecule has 2 aromatic heterocycles. The van der Waals surface area contributed by atoms with Crippen molar-refractivity contribution in [2.24, 2.45) is 0 Å². The maximum Gasteiger partial charge on any atom is 0.295 e. The minimum atomic E-state index is -0.631. The molecule has 2 aromatic rings. The molecule has 0 saturated heterocycles. The molecule has 0 unspecified atom stereocenters. The van der Waals surface area contributed by atoms with Crippen LogP contribution in [0.1, 0.15) is 34.9 Å². The van der Waals surface area contributed by atoms with Gasteiger partial charge in [-0.05, 0) is 12.8 Å². The van der Waals surface area contributed by atoms with Gasteiger partial charge in [0.25, 0.3) is 11.8 Å². The maximum absolute atomic E-state index is 13.1. The first-order chi connectivity index (χ1) is 15.0. The van der Waals surface area contributed by atoms with Crippen molar-refractivity contribution in [1.29, 1.82) is 5.41 Å². The molecule has 2 amide bonds. The van der Waals surface area contributed by atoms with E-state index in [0.29, 0.717) is 11.4 Å². The van der Waals surface area contributed by atoms with Crippen molar-refractivity contribution in [2.75, 3.05) is 26.5 Å². The molecule has 1 aliphatic carbocycles. The lowest BCUT2D eigenvalue weighted by molar-refractivity contribution is -0.164. The quantitative estimate of drug-likeness (QED) is 0.258. The number of aromatic nitrogens is 4. The highest BCUT2D eigenvalue weighted by Crippen LogP contribution is 2.39. The predicted molar refractivity (Wildman–Crippen MR) is 111 cm³/mol. The van der Waals surface area contributed by atoms with E-state index < -0.39 is 11.8 Å². The molecule has 12 heteroatoms. The molecule has 1 fully saturated rings. The van der Waals surface area contributed by atoms with E-state index in [2.05, 4.69) is 35.9 Å². The fourth-order valence-corrected chi connectivity index (χ4v) is 2.68. The van der Waals surface area contributed by atoms with Crippen LogP contribution in [0.3, 0.4) is 0 Å². The van der Waals surface area contributed by atoms with Gasteiger partial charge in [0.1, 0.15) is 12.0 Å². The van der Waals surface area contributed by atoms with Crippen LogP contribution < -0.4 is 16.0 Å². The minimum absolute atomic E-state index is 0.0232. The molecule has 3 rings (SSSR count). The van der Waals surface area contributed by atoms with Crippen LogP contribution in [-0.2, 0) is 9.63 Å². The standard InChI is InChI=1S/C19H23N9O3/c1-21-15(19(30)28(2)31-3)13(6-20)27-18(29)16-17(25-12-7-22-10-23-8-12)24-9-14(26-16)11-4-5-11/h6-11,20-21H,4-5H2,1-3H3,(H,24,25)(H,27,29)/b15-13+,20-6?. The molecule has 162 valence electrons. The van der Waals surface area contributed by atoms with Gasteiger partial charge in [-0.1, -0.05) is 0 Å². The van der Waals surface area contributed by atoms with Gasteiger partial charge in [-0.2, -0.15) is 0 Å². The van der Waals surface area contributed by atoms with Crippen LogP contribution in [0.2, 0.25) is 0 Å². The van der Waals surface area contributed by atoms with Crippen molar-refractivity contribution in [3.8, 4) is 0 Å². The van der Waals surface area contributed by atoms with Gasteiger partial charge in [0.2, 0.25) is 0 Å². The Labute approximate surface area is 178 Å². The summed E-state index contributed by atoms with van der Waals surface area (Å²) in [7, 11) is 4.25. The van der Waals surface area contributed by atoms with Crippen molar-refractivity contribution in [2.45, 2.75) is 18.8 Å². The van der Waals surface area contributed by atoms with E-state index in [-0.39, 0.29) is 28.8 Å². The van der Waals surface area contributed by atoms with E-state index in [1.165, 1.54) is 39.9 Å². The maximum atomic E-state index is 13.1. The molecule has 1 aliphatic rings. The lowest BCUT2D eigenvalue weighted by Gasteiger charge is -2.18. The van der Waals surface area contributed by atoms with E-state index in [0.717, 1.165) is 24.1 Å². The van der Waals surface area contributed by atoms with Gasteiger partial charge in [-0.15, -0.1) is 0 Å². The third-order valence-electron chi connectivity index (χ3n) is 4.51. The first-order valence-electron chi connectivity index (χ1n) is 9.43. The van der Waals surface area contributed by atoms with Gasteiger partial charge < -0.3 is 21.4 Å². The van der Waals surface area contributed by atoms with Crippen LogP contribution >= 0.6 is 0 Å². The fraction of sp³-hybridized carbons (Fsp3) is 0.316. The molecule has 0 aromatic carbocycles. The molecule has 2 heterocycles. The topological polar surface area (TPSA) is 158 Å². The first-order valence-corrected chi connectivity index (χ1v) is 9.43. The molecule has 0 radical (unpaired) electrons. The van der Waals surface area contributed by atoms with Crippen LogP contribution in [-0.4, -0.2) is 64.2 Å². The summed E-state index contributed by atoms with van der Waals surface area (Å²) >= 11 is 0. The van der Waals surface area contributed by atoms with Crippen LogP contribution in [0.4, 0.5) is 11.5 Å². The lowest BCUT2D eigenvalue weighted by atomic mass is 10.2. The Morgan fingerprint density at radius 3 is 2.55 bits per heavy atom. The molecule has 12 nitrogen and oxygen atoms in total. The number of rotatable bonds is 9. The number of hydrogen-bond acceptors (Lipinski definition) is 10. The van der Waals surface area contributed by atoms with Crippen molar-refractivity contribution >= 4 is 29.5 Å². The molecule has 4 N–H and O–H groups in total. The zero-order valence-corrected chi connectivity index (χ0v) is 17.3. The smallest absolute Gasteiger partial charge is 0.295 e. The van der Waals surface area contributed by atoms with E-state index in [1.807, 2.05) is 0 Å². The number of allylic oxidation sites excluding steroid dienone is 1.